The molecule has 3 aliphatic heterocycles. The molecule has 3 aliphatic rings. The van der Waals surface area contributed by atoms with Gasteiger partial charge in [0.05, 0.1) is 34.8 Å². The highest BCUT2D eigenvalue weighted by Gasteiger charge is 2.66. The first-order chi connectivity index (χ1) is 10.4. The van der Waals surface area contributed by atoms with Gasteiger partial charge < -0.3 is 9.84 Å². The third-order valence-corrected chi connectivity index (χ3v) is 4.68. The van der Waals surface area contributed by atoms with Gasteiger partial charge in [0.15, 0.2) is 0 Å². The first kappa shape index (κ1) is 13.2. The van der Waals surface area contributed by atoms with E-state index in [0.717, 1.165) is 4.90 Å². The predicted octanol–water partition coefficient (Wildman–Crippen LogP) is 1.22. The zero-order valence-corrected chi connectivity index (χ0v) is 11.7. The zero-order valence-electron chi connectivity index (χ0n) is 11.7. The minimum Gasteiger partial charge on any atom is -0.478 e. The van der Waals surface area contributed by atoms with Crippen molar-refractivity contribution >= 4 is 23.5 Å². The van der Waals surface area contributed by atoms with Crippen LogP contribution in [0.3, 0.4) is 0 Å². The number of carboxylic acid groups (broad SMARTS) is 1. The highest BCUT2D eigenvalue weighted by molar-refractivity contribution is 6.23. The number of benzene rings is 1. The maximum absolute atomic E-state index is 12.7. The number of carbonyl (C=O) groups is 3. The third kappa shape index (κ3) is 1.50. The Kier molecular flexibility index (Phi) is 2.43. The molecule has 2 bridgehead atoms. The highest BCUT2D eigenvalue weighted by Crippen LogP contribution is 2.52. The van der Waals surface area contributed by atoms with Gasteiger partial charge in [0, 0.05) is 0 Å². The number of rotatable bonds is 2. The van der Waals surface area contributed by atoms with E-state index in [1.54, 1.807) is 13.0 Å². The summed E-state index contributed by atoms with van der Waals surface area (Å²) in [6.45, 7) is 1.80. The molecule has 1 aromatic rings. The van der Waals surface area contributed by atoms with Crippen molar-refractivity contribution in [3.8, 4) is 0 Å². The van der Waals surface area contributed by atoms with Crippen molar-refractivity contribution in [2.45, 2.75) is 18.6 Å². The van der Waals surface area contributed by atoms with E-state index in [1.807, 2.05) is 12.2 Å². The average molecular weight is 299 g/mol. The minimum atomic E-state index is -1.10. The molecule has 0 spiro atoms. The van der Waals surface area contributed by atoms with Crippen LogP contribution < -0.4 is 4.90 Å². The summed E-state index contributed by atoms with van der Waals surface area (Å²) in [5.74, 6) is -2.81. The van der Waals surface area contributed by atoms with Gasteiger partial charge >= 0.3 is 5.97 Å². The van der Waals surface area contributed by atoms with Crippen LogP contribution in [-0.2, 0) is 14.3 Å². The Bertz CT molecular complexity index is 755. The second-order valence-corrected chi connectivity index (χ2v) is 6.00. The first-order valence-corrected chi connectivity index (χ1v) is 7.01. The van der Waals surface area contributed by atoms with Gasteiger partial charge in [0.25, 0.3) is 0 Å². The Morgan fingerprint density at radius 1 is 1.32 bits per heavy atom. The van der Waals surface area contributed by atoms with Crippen molar-refractivity contribution in [1.82, 2.24) is 0 Å². The molecule has 1 aromatic carbocycles. The molecule has 6 heteroatoms. The van der Waals surface area contributed by atoms with E-state index in [0.29, 0.717) is 5.69 Å². The van der Waals surface area contributed by atoms with Crippen molar-refractivity contribution in [3.63, 3.8) is 0 Å². The number of hydrogen-bond acceptors (Lipinski definition) is 4. The normalized spacial score (nSPS) is 35.3. The fourth-order valence-electron chi connectivity index (χ4n) is 3.69. The smallest absolute Gasteiger partial charge is 0.335 e. The summed E-state index contributed by atoms with van der Waals surface area (Å²) in [5, 5.41) is 9.06. The number of amides is 2. The van der Waals surface area contributed by atoms with Gasteiger partial charge in [0.2, 0.25) is 11.8 Å². The van der Waals surface area contributed by atoms with E-state index in [1.165, 1.54) is 18.2 Å². The third-order valence-electron chi connectivity index (χ3n) is 4.68. The van der Waals surface area contributed by atoms with E-state index < -0.39 is 23.4 Å². The number of fused-ring (bicyclic) bond motifs is 5. The van der Waals surface area contributed by atoms with Crippen LogP contribution >= 0.6 is 0 Å². The second-order valence-electron chi connectivity index (χ2n) is 6.00. The summed E-state index contributed by atoms with van der Waals surface area (Å²) < 4.78 is 5.74. The molecule has 2 amide bonds. The Morgan fingerprint density at radius 2 is 2.09 bits per heavy atom. The number of ether oxygens (including phenoxy) is 1. The molecule has 0 unspecified atom stereocenters. The molecule has 22 heavy (non-hydrogen) atoms. The fraction of sp³-hybridized carbons (Fsp3) is 0.312. The molecule has 4 rings (SSSR count). The maximum atomic E-state index is 12.7. The van der Waals surface area contributed by atoms with E-state index in [9.17, 15) is 14.4 Å². The largest absolute Gasteiger partial charge is 0.478 e. The first-order valence-electron chi connectivity index (χ1n) is 7.01. The molecule has 6 nitrogen and oxygen atoms in total. The van der Waals surface area contributed by atoms with Crippen LogP contribution in [0.15, 0.2) is 36.4 Å². The van der Waals surface area contributed by atoms with Gasteiger partial charge in [-0.15, -0.1) is 0 Å². The summed E-state index contributed by atoms with van der Waals surface area (Å²) in [7, 11) is 0. The zero-order chi connectivity index (χ0) is 15.6. The summed E-state index contributed by atoms with van der Waals surface area (Å²) in [6.07, 6.45) is 3.28. The Morgan fingerprint density at radius 3 is 2.77 bits per heavy atom. The standard InChI is InChI=1S/C16H13NO5/c1-16-6-5-10(22-16)11-12(16)14(19)17(13(11)18)9-4-2-3-8(7-9)15(20)21/h2-7,10-12H,1H3,(H,20,21)/t10-,11+,12+,16+/m0/s1. The summed E-state index contributed by atoms with van der Waals surface area (Å²) in [6, 6.07) is 5.87. The lowest BCUT2D eigenvalue weighted by Gasteiger charge is -2.24. The van der Waals surface area contributed by atoms with E-state index >= 15 is 0 Å². The number of aromatic carboxylic acids is 1. The maximum Gasteiger partial charge on any atom is 0.335 e. The molecular formula is C16H13NO5. The van der Waals surface area contributed by atoms with Crippen molar-refractivity contribution in [1.29, 1.82) is 0 Å². The summed E-state index contributed by atoms with van der Waals surface area (Å²) >= 11 is 0. The molecule has 0 aliphatic carbocycles. The molecule has 0 radical (unpaired) electrons. The molecule has 2 saturated heterocycles. The quantitative estimate of drug-likeness (QED) is 0.655. The van der Waals surface area contributed by atoms with Gasteiger partial charge in [-0.25, -0.2) is 9.69 Å². The van der Waals surface area contributed by atoms with Gasteiger partial charge in [-0.1, -0.05) is 18.2 Å². The molecule has 0 aromatic heterocycles. The number of carboxylic acids is 1. The number of imide groups is 1. The average Bonchev–Trinajstić information content (AvgIpc) is 3.08. The van der Waals surface area contributed by atoms with Crippen LogP contribution in [0.5, 0.6) is 0 Å². The topological polar surface area (TPSA) is 83.9 Å². The lowest BCUT2D eigenvalue weighted by molar-refractivity contribution is -0.126. The summed E-state index contributed by atoms with van der Waals surface area (Å²) in [5.41, 5.74) is -0.410. The Hall–Kier alpha value is -2.47. The van der Waals surface area contributed by atoms with Gasteiger partial charge in [-0.05, 0) is 25.1 Å². The molecule has 112 valence electrons. The Balaban J connectivity index is 1.77. The van der Waals surface area contributed by atoms with E-state index in [-0.39, 0.29) is 23.5 Å². The second kappa shape index (κ2) is 4.04. The predicted molar refractivity (Wildman–Crippen MR) is 75.3 cm³/mol. The SMILES string of the molecule is C[C@]12C=C[C@H](O1)[C@H]1C(=O)N(c3cccc(C(=O)O)c3)C(=O)[C@@H]12. The molecular weight excluding hydrogens is 286 g/mol. The van der Waals surface area contributed by atoms with Crippen LogP contribution in [0.4, 0.5) is 5.69 Å². The molecule has 1 N–H and O–H groups in total. The lowest BCUT2D eigenvalue weighted by atomic mass is 9.78. The fourth-order valence-corrected chi connectivity index (χ4v) is 3.69. The van der Waals surface area contributed by atoms with Crippen molar-refractivity contribution in [3.05, 3.63) is 42.0 Å². The Labute approximate surface area is 126 Å². The number of hydrogen-bond donors (Lipinski definition) is 1. The summed E-state index contributed by atoms with van der Waals surface area (Å²) in [4.78, 5) is 37.5. The van der Waals surface area contributed by atoms with Gasteiger partial charge in [-0.3, -0.25) is 9.59 Å². The van der Waals surface area contributed by atoms with Crippen LogP contribution in [-0.4, -0.2) is 34.6 Å². The number of carbonyl (C=O) groups excluding carboxylic acids is 2. The van der Waals surface area contributed by atoms with Gasteiger partial charge in [0.1, 0.15) is 0 Å². The molecule has 0 saturated carbocycles. The van der Waals surface area contributed by atoms with Crippen molar-refractivity contribution in [2.75, 3.05) is 4.90 Å². The van der Waals surface area contributed by atoms with E-state index in [2.05, 4.69) is 0 Å². The minimum absolute atomic E-state index is 0.0405. The molecule has 3 heterocycles. The lowest BCUT2D eigenvalue weighted by Crippen LogP contribution is -2.38. The monoisotopic (exact) mass is 299 g/mol. The van der Waals surface area contributed by atoms with Crippen LogP contribution in [0.2, 0.25) is 0 Å². The van der Waals surface area contributed by atoms with Gasteiger partial charge in [-0.2, -0.15) is 0 Å². The van der Waals surface area contributed by atoms with Crippen molar-refractivity contribution in [2.24, 2.45) is 11.8 Å². The number of nitrogens with zero attached hydrogens (tertiary/aromatic N) is 1. The highest BCUT2D eigenvalue weighted by atomic mass is 16.5. The number of anilines is 1. The van der Waals surface area contributed by atoms with Crippen LogP contribution in [0.25, 0.3) is 0 Å². The molecule has 2 fully saturated rings. The van der Waals surface area contributed by atoms with Crippen LogP contribution in [0.1, 0.15) is 17.3 Å². The molecule has 4 atom stereocenters. The van der Waals surface area contributed by atoms with Crippen LogP contribution in [0, 0.1) is 11.8 Å². The van der Waals surface area contributed by atoms with Crippen molar-refractivity contribution < 1.29 is 24.2 Å². The van der Waals surface area contributed by atoms with E-state index in [4.69, 9.17) is 9.84 Å².